The Kier molecular flexibility index (Phi) is 8.54. The number of fused-ring (bicyclic) bond motifs is 3. The molecule has 3 N–H and O–H groups in total. The zero-order valence-electron chi connectivity index (χ0n) is 21.0. The molecule has 0 radical (unpaired) electrons. The van der Waals surface area contributed by atoms with Gasteiger partial charge in [-0.15, -0.1) is 0 Å². The van der Waals surface area contributed by atoms with Crippen LogP contribution in [0.2, 0.25) is 0 Å². The monoisotopic (exact) mass is 480 g/mol. The summed E-state index contributed by atoms with van der Waals surface area (Å²) in [7, 11) is 0. The molecule has 2 aromatic rings. The number of nitrogens with one attached hydrogen (secondary N) is 2. The maximum atomic E-state index is 12.6. The SMILES string of the molecule is CC[C@H](CC(=O)NC(CC(=O)O)CC(C)(C)C)NC(=O)OCC1c2ccccc2-c2ccccc21. The molecule has 0 heterocycles. The van der Waals surface area contributed by atoms with Gasteiger partial charge in [0, 0.05) is 24.4 Å². The largest absolute Gasteiger partial charge is 0.481 e. The molecule has 0 aromatic heterocycles. The van der Waals surface area contributed by atoms with E-state index in [0.717, 1.165) is 22.3 Å². The van der Waals surface area contributed by atoms with Crippen LogP contribution in [0.1, 0.15) is 70.4 Å². The summed E-state index contributed by atoms with van der Waals surface area (Å²) in [5.41, 5.74) is 4.46. The van der Waals surface area contributed by atoms with Crippen molar-refractivity contribution in [2.24, 2.45) is 5.41 Å². The third kappa shape index (κ3) is 7.31. The van der Waals surface area contributed by atoms with Crippen molar-refractivity contribution in [3.05, 3.63) is 59.7 Å². The van der Waals surface area contributed by atoms with E-state index in [9.17, 15) is 19.5 Å². The molecule has 2 amide bonds. The normalized spacial score (nSPS) is 14.4. The average Bonchev–Trinajstić information content (AvgIpc) is 3.09. The van der Waals surface area contributed by atoms with Crippen LogP contribution in [0.5, 0.6) is 0 Å². The van der Waals surface area contributed by atoms with Gasteiger partial charge in [0.1, 0.15) is 6.61 Å². The van der Waals surface area contributed by atoms with Crippen LogP contribution < -0.4 is 10.6 Å². The third-order valence-electron chi connectivity index (χ3n) is 6.24. The summed E-state index contributed by atoms with van der Waals surface area (Å²) in [6.45, 7) is 8.09. The van der Waals surface area contributed by atoms with Gasteiger partial charge in [-0.1, -0.05) is 76.2 Å². The Hall–Kier alpha value is -3.35. The number of carboxylic acids is 1. The van der Waals surface area contributed by atoms with Crippen LogP contribution in [0.4, 0.5) is 4.79 Å². The van der Waals surface area contributed by atoms with Gasteiger partial charge in [0.2, 0.25) is 5.91 Å². The van der Waals surface area contributed by atoms with Crippen LogP contribution in [0.25, 0.3) is 11.1 Å². The zero-order valence-corrected chi connectivity index (χ0v) is 21.0. The summed E-state index contributed by atoms with van der Waals surface area (Å²) in [6.07, 6.45) is 0.436. The van der Waals surface area contributed by atoms with Gasteiger partial charge < -0.3 is 20.5 Å². The van der Waals surface area contributed by atoms with Crippen molar-refractivity contribution in [3.63, 3.8) is 0 Å². The molecule has 2 atom stereocenters. The third-order valence-corrected chi connectivity index (χ3v) is 6.24. The molecule has 1 unspecified atom stereocenters. The highest BCUT2D eigenvalue weighted by Crippen LogP contribution is 2.44. The van der Waals surface area contributed by atoms with Crippen molar-refractivity contribution in [1.82, 2.24) is 10.6 Å². The first-order valence-electron chi connectivity index (χ1n) is 12.2. The number of carboxylic acid groups (broad SMARTS) is 1. The second kappa shape index (κ2) is 11.4. The summed E-state index contributed by atoms with van der Waals surface area (Å²) in [4.78, 5) is 36.4. The first kappa shape index (κ1) is 26.3. The molecule has 2 aromatic carbocycles. The van der Waals surface area contributed by atoms with E-state index < -0.39 is 24.1 Å². The van der Waals surface area contributed by atoms with Crippen LogP contribution in [-0.4, -0.2) is 41.8 Å². The van der Waals surface area contributed by atoms with Gasteiger partial charge in [-0.05, 0) is 40.5 Å². The Morgan fingerprint density at radius 3 is 2.00 bits per heavy atom. The van der Waals surface area contributed by atoms with E-state index in [-0.39, 0.29) is 36.7 Å². The van der Waals surface area contributed by atoms with Crippen molar-refractivity contribution < 1.29 is 24.2 Å². The fourth-order valence-corrected chi connectivity index (χ4v) is 4.74. The van der Waals surface area contributed by atoms with Crippen molar-refractivity contribution in [1.29, 1.82) is 0 Å². The van der Waals surface area contributed by atoms with E-state index in [4.69, 9.17) is 4.74 Å². The molecule has 1 aliphatic rings. The molecule has 35 heavy (non-hydrogen) atoms. The number of hydrogen-bond donors (Lipinski definition) is 3. The van der Waals surface area contributed by atoms with Crippen LogP contribution in [0.3, 0.4) is 0 Å². The summed E-state index contributed by atoms with van der Waals surface area (Å²) >= 11 is 0. The van der Waals surface area contributed by atoms with Crippen LogP contribution >= 0.6 is 0 Å². The Morgan fingerprint density at radius 2 is 1.49 bits per heavy atom. The van der Waals surface area contributed by atoms with E-state index in [2.05, 4.69) is 34.9 Å². The molecule has 0 aliphatic heterocycles. The maximum Gasteiger partial charge on any atom is 0.407 e. The molecular formula is C28H36N2O5. The quantitative estimate of drug-likeness (QED) is 0.439. The van der Waals surface area contributed by atoms with Crippen molar-refractivity contribution in [2.75, 3.05) is 6.61 Å². The minimum Gasteiger partial charge on any atom is -0.481 e. The highest BCUT2D eigenvalue weighted by molar-refractivity contribution is 5.80. The van der Waals surface area contributed by atoms with E-state index in [1.165, 1.54) is 0 Å². The van der Waals surface area contributed by atoms with Gasteiger partial charge in [-0.2, -0.15) is 0 Å². The number of rotatable bonds is 10. The number of benzene rings is 2. The van der Waals surface area contributed by atoms with E-state index in [0.29, 0.717) is 12.8 Å². The minimum atomic E-state index is -0.955. The Bertz CT molecular complexity index is 1010. The molecule has 0 saturated heterocycles. The van der Waals surface area contributed by atoms with Gasteiger partial charge in [0.15, 0.2) is 0 Å². The highest BCUT2D eigenvalue weighted by Gasteiger charge is 2.29. The first-order valence-corrected chi connectivity index (χ1v) is 12.2. The van der Waals surface area contributed by atoms with Gasteiger partial charge in [-0.3, -0.25) is 9.59 Å². The van der Waals surface area contributed by atoms with Crippen molar-refractivity contribution in [2.45, 2.75) is 71.4 Å². The standard InChI is InChI=1S/C28H36N2O5/c1-5-18(14-25(31)29-19(15-26(32)33)16-28(2,3)4)30-27(34)35-17-24-22-12-8-6-10-20(22)21-11-7-9-13-23(21)24/h6-13,18-19,24H,5,14-17H2,1-4H3,(H,29,31)(H,30,34)(H,32,33)/t18-,19?/m1/s1. The lowest BCUT2D eigenvalue weighted by molar-refractivity contribution is -0.137. The van der Waals surface area contributed by atoms with Gasteiger partial charge >= 0.3 is 12.1 Å². The highest BCUT2D eigenvalue weighted by atomic mass is 16.5. The van der Waals surface area contributed by atoms with Gasteiger partial charge in [-0.25, -0.2) is 4.79 Å². The fourth-order valence-electron chi connectivity index (χ4n) is 4.74. The lowest BCUT2D eigenvalue weighted by atomic mass is 9.87. The predicted octanol–water partition coefficient (Wildman–Crippen LogP) is 5.09. The second-order valence-electron chi connectivity index (χ2n) is 10.4. The minimum absolute atomic E-state index is 0.0364. The van der Waals surface area contributed by atoms with E-state index in [1.54, 1.807) is 0 Å². The Morgan fingerprint density at radius 1 is 0.914 bits per heavy atom. The topological polar surface area (TPSA) is 105 Å². The molecule has 0 saturated carbocycles. The van der Waals surface area contributed by atoms with Gasteiger partial charge in [0.25, 0.3) is 0 Å². The number of carbonyl (C=O) groups is 3. The summed E-state index contributed by atoms with van der Waals surface area (Å²) < 4.78 is 5.59. The molecule has 0 bridgehead atoms. The summed E-state index contributed by atoms with van der Waals surface area (Å²) in [5, 5.41) is 14.8. The van der Waals surface area contributed by atoms with Gasteiger partial charge in [0.05, 0.1) is 6.42 Å². The van der Waals surface area contributed by atoms with Crippen LogP contribution in [0, 0.1) is 5.41 Å². The molecule has 7 heteroatoms. The summed E-state index contributed by atoms with van der Waals surface area (Å²) in [6, 6.07) is 15.4. The maximum absolute atomic E-state index is 12.6. The number of alkyl carbamates (subject to hydrolysis) is 1. The smallest absolute Gasteiger partial charge is 0.407 e. The first-order chi connectivity index (χ1) is 16.6. The molecule has 7 nitrogen and oxygen atoms in total. The van der Waals surface area contributed by atoms with Crippen LogP contribution in [0.15, 0.2) is 48.5 Å². The van der Waals surface area contributed by atoms with E-state index >= 15 is 0 Å². The fraction of sp³-hybridized carbons (Fsp3) is 0.464. The summed E-state index contributed by atoms with van der Waals surface area (Å²) in [5.74, 6) is -1.28. The number of ether oxygens (including phenoxy) is 1. The number of carbonyl (C=O) groups excluding carboxylic acids is 2. The van der Waals surface area contributed by atoms with E-state index in [1.807, 2.05) is 52.0 Å². The lowest BCUT2D eigenvalue weighted by Crippen LogP contribution is -2.43. The Labute approximate surface area is 207 Å². The molecule has 1 aliphatic carbocycles. The zero-order chi connectivity index (χ0) is 25.6. The molecular weight excluding hydrogens is 444 g/mol. The number of aliphatic carboxylic acids is 1. The second-order valence-corrected chi connectivity index (χ2v) is 10.4. The molecule has 0 fully saturated rings. The van der Waals surface area contributed by atoms with Crippen LogP contribution in [-0.2, 0) is 14.3 Å². The van der Waals surface area contributed by atoms with Crippen molar-refractivity contribution >= 4 is 18.0 Å². The predicted molar refractivity (Wildman–Crippen MR) is 135 cm³/mol. The molecule has 3 rings (SSSR count). The van der Waals surface area contributed by atoms with Crippen molar-refractivity contribution in [3.8, 4) is 11.1 Å². The Balaban J connectivity index is 1.55. The molecule has 0 spiro atoms. The molecule has 188 valence electrons. The number of amides is 2. The number of hydrogen-bond acceptors (Lipinski definition) is 4. The lowest BCUT2D eigenvalue weighted by Gasteiger charge is -2.26. The average molecular weight is 481 g/mol.